The van der Waals surface area contributed by atoms with Gasteiger partial charge in [0.15, 0.2) is 0 Å². The average molecular weight is 253 g/mol. The van der Waals surface area contributed by atoms with Crippen LogP contribution < -0.4 is 10.6 Å². The summed E-state index contributed by atoms with van der Waals surface area (Å²) in [5.41, 5.74) is 7.27. The van der Waals surface area contributed by atoms with Crippen LogP contribution in [0.15, 0.2) is 18.2 Å². The molecule has 1 aliphatic rings. The van der Waals surface area contributed by atoms with Gasteiger partial charge < -0.3 is 10.6 Å². The highest BCUT2D eigenvalue weighted by atomic mass is 32.2. The van der Waals surface area contributed by atoms with Gasteiger partial charge in [-0.25, -0.2) is 0 Å². The van der Waals surface area contributed by atoms with Crippen molar-refractivity contribution >= 4 is 28.8 Å². The Bertz CT molecular complexity index is 433. The lowest BCUT2D eigenvalue weighted by Gasteiger charge is -2.27. The molecule has 0 aliphatic carbocycles. The molecule has 92 valence electrons. The van der Waals surface area contributed by atoms with E-state index in [-0.39, 0.29) is 5.69 Å². The fraction of sp³-hybridized carbons (Fsp3) is 0.455. The molecule has 1 aromatic carbocycles. The minimum absolute atomic E-state index is 0.0421. The first-order valence-electron chi connectivity index (χ1n) is 5.44. The second-order valence-electron chi connectivity index (χ2n) is 4.13. The van der Waals surface area contributed by atoms with Crippen molar-refractivity contribution in [1.82, 2.24) is 0 Å². The minimum atomic E-state index is -0.425. The summed E-state index contributed by atoms with van der Waals surface area (Å²) in [6, 6.07) is 5.14. The van der Waals surface area contributed by atoms with E-state index >= 15 is 0 Å². The van der Waals surface area contributed by atoms with Crippen LogP contribution in [-0.4, -0.2) is 29.5 Å². The van der Waals surface area contributed by atoms with E-state index in [0.717, 1.165) is 17.9 Å². The van der Waals surface area contributed by atoms with Crippen molar-refractivity contribution in [2.75, 3.05) is 29.2 Å². The lowest BCUT2D eigenvalue weighted by molar-refractivity contribution is -0.384. The third-order valence-electron chi connectivity index (χ3n) is 3.06. The van der Waals surface area contributed by atoms with Crippen LogP contribution in [0.5, 0.6) is 0 Å². The molecule has 1 aliphatic heterocycles. The number of hydrogen-bond donors (Lipinski definition) is 1. The summed E-state index contributed by atoms with van der Waals surface area (Å²) >= 11 is 1.93. The number of rotatable bonds is 3. The van der Waals surface area contributed by atoms with Crippen LogP contribution >= 0.6 is 11.8 Å². The maximum Gasteiger partial charge on any atom is 0.271 e. The van der Waals surface area contributed by atoms with Crippen LogP contribution in [0.4, 0.5) is 17.1 Å². The van der Waals surface area contributed by atoms with Crippen molar-refractivity contribution in [2.45, 2.75) is 12.5 Å². The Morgan fingerprint density at radius 1 is 1.59 bits per heavy atom. The van der Waals surface area contributed by atoms with Crippen LogP contribution in [0.25, 0.3) is 0 Å². The van der Waals surface area contributed by atoms with Crippen molar-refractivity contribution in [3.8, 4) is 0 Å². The lowest BCUT2D eigenvalue weighted by Crippen LogP contribution is -2.31. The maximum atomic E-state index is 10.6. The van der Waals surface area contributed by atoms with Gasteiger partial charge in [-0.3, -0.25) is 10.1 Å². The van der Waals surface area contributed by atoms with Crippen LogP contribution in [0, 0.1) is 10.1 Å². The maximum absolute atomic E-state index is 10.6. The fourth-order valence-corrected chi connectivity index (χ4v) is 3.27. The molecule has 5 nitrogen and oxygen atoms in total. The SMILES string of the molecule is CN(c1ccc([N+](=O)[O-])cc1N)C1CCSC1. The topological polar surface area (TPSA) is 72.4 Å². The number of thioether (sulfide) groups is 1. The van der Waals surface area contributed by atoms with Gasteiger partial charge in [0, 0.05) is 31.0 Å². The van der Waals surface area contributed by atoms with E-state index in [0.29, 0.717) is 11.7 Å². The zero-order valence-electron chi connectivity index (χ0n) is 9.63. The highest BCUT2D eigenvalue weighted by molar-refractivity contribution is 7.99. The quantitative estimate of drug-likeness (QED) is 0.507. The van der Waals surface area contributed by atoms with Gasteiger partial charge in [-0.2, -0.15) is 11.8 Å². The molecule has 1 heterocycles. The Hall–Kier alpha value is -1.43. The van der Waals surface area contributed by atoms with Crippen molar-refractivity contribution in [3.63, 3.8) is 0 Å². The first-order valence-corrected chi connectivity index (χ1v) is 6.59. The summed E-state index contributed by atoms with van der Waals surface area (Å²) in [5.74, 6) is 2.26. The standard InChI is InChI=1S/C11H15N3O2S/c1-13(9-4-5-17-7-9)11-3-2-8(14(15)16)6-10(11)12/h2-3,6,9H,4-5,7,12H2,1H3. The van der Waals surface area contributed by atoms with Crippen molar-refractivity contribution < 1.29 is 4.92 Å². The first kappa shape index (κ1) is 12.0. The van der Waals surface area contributed by atoms with Gasteiger partial charge in [0.05, 0.1) is 16.3 Å². The number of anilines is 2. The Morgan fingerprint density at radius 3 is 2.88 bits per heavy atom. The van der Waals surface area contributed by atoms with Crippen LogP contribution in [0.3, 0.4) is 0 Å². The molecule has 0 bridgehead atoms. The molecule has 1 fully saturated rings. The van der Waals surface area contributed by atoms with E-state index in [1.54, 1.807) is 6.07 Å². The number of non-ortho nitro benzene ring substituents is 1. The number of nitrogens with zero attached hydrogens (tertiary/aromatic N) is 2. The largest absolute Gasteiger partial charge is 0.397 e. The molecular weight excluding hydrogens is 238 g/mol. The lowest BCUT2D eigenvalue weighted by atomic mass is 10.1. The highest BCUT2D eigenvalue weighted by Crippen LogP contribution is 2.31. The smallest absolute Gasteiger partial charge is 0.271 e. The minimum Gasteiger partial charge on any atom is -0.397 e. The molecule has 0 radical (unpaired) electrons. The average Bonchev–Trinajstić information content (AvgIpc) is 2.81. The fourth-order valence-electron chi connectivity index (χ4n) is 2.00. The zero-order valence-corrected chi connectivity index (χ0v) is 10.4. The number of nitrogen functional groups attached to an aromatic ring is 1. The summed E-state index contributed by atoms with van der Waals surface area (Å²) in [6.07, 6.45) is 1.14. The van der Waals surface area contributed by atoms with Gasteiger partial charge >= 0.3 is 0 Å². The number of nitro groups is 1. The van der Waals surface area contributed by atoms with E-state index < -0.39 is 4.92 Å². The molecule has 2 N–H and O–H groups in total. The molecule has 0 saturated carbocycles. The van der Waals surface area contributed by atoms with E-state index in [9.17, 15) is 10.1 Å². The monoisotopic (exact) mass is 253 g/mol. The second kappa shape index (κ2) is 4.83. The summed E-state index contributed by atoms with van der Waals surface area (Å²) in [6.45, 7) is 0. The summed E-state index contributed by atoms with van der Waals surface area (Å²) in [4.78, 5) is 12.3. The molecule has 2 rings (SSSR count). The molecule has 1 unspecified atom stereocenters. The van der Waals surface area contributed by atoms with Crippen molar-refractivity contribution in [3.05, 3.63) is 28.3 Å². The molecule has 6 heteroatoms. The normalized spacial score (nSPS) is 19.2. The highest BCUT2D eigenvalue weighted by Gasteiger charge is 2.22. The van der Waals surface area contributed by atoms with Crippen molar-refractivity contribution in [2.24, 2.45) is 0 Å². The van der Waals surface area contributed by atoms with E-state index in [2.05, 4.69) is 4.90 Å². The molecule has 1 aromatic rings. The molecule has 1 atom stereocenters. The number of nitro benzene ring substituents is 1. The van der Waals surface area contributed by atoms with E-state index in [1.165, 1.54) is 17.9 Å². The van der Waals surface area contributed by atoms with Gasteiger partial charge in [0.25, 0.3) is 5.69 Å². The molecule has 17 heavy (non-hydrogen) atoms. The number of benzene rings is 1. The zero-order chi connectivity index (χ0) is 12.4. The van der Waals surface area contributed by atoms with Gasteiger partial charge in [-0.05, 0) is 18.2 Å². The van der Waals surface area contributed by atoms with Gasteiger partial charge in [0.1, 0.15) is 0 Å². The van der Waals surface area contributed by atoms with E-state index in [4.69, 9.17) is 5.73 Å². The van der Waals surface area contributed by atoms with Crippen LogP contribution in [0.2, 0.25) is 0 Å². The first-order chi connectivity index (χ1) is 8.09. The predicted molar refractivity (Wildman–Crippen MR) is 71.6 cm³/mol. The molecule has 1 saturated heterocycles. The second-order valence-corrected chi connectivity index (χ2v) is 5.28. The molecule has 0 amide bonds. The van der Waals surface area contributed by atoms with Crippen molar-refractivity contribution in [1.29, 1.82) is 0 Å². The Labute approximate surface area is 104 Å². The Balaban J connectivity index is 2.23. The van der Waals surface area contributed by atoms with Gasteiger partial charge in [-0.15, -0.1) is 0 Å². The summed E-state index contributed by atoms with van der Waals surface area (Å²) in [7, 11) is 1.99. The Kier molecular flexibility index (Phi) is 3.42. The van der Waals surface area contributed by atoms with Crippen LogP contribution in [-0.2, 0) is 0 Å². The predicted octanol–water partition coefficient (Wildman–Crippen LogP) is 2.12. The molecule has 0 aromatic heterocycles. The third-order valence-corrected chi connectivity index (χ3v) is 4.20. The number of hydrogen-bond acceptors (Lipinski definition) is 5. The Morgan fingerprint density at radius 2 is 2.35 bits per heavy atom. The van der Waals surface area contributed by atoms with E-state index in [1.807, 2.05) is 18.8 Å². The molecular formula is C11H15N3O2S. The third kappa shape index (κ3) is 2.46. The molecule has 0 spiro atoms. The van der Waals surface area contributed by atoms with Crippen LogP contribution in [0.1, 0.15) is 6.42 Å². The summed E-state index contributed by atoms with van der Waals surface area (Å²) < 4.78 is 0. The summed E-state index contributed by atoms with van der Waals surface area (Å²) in [5, 5.41) is 10.6. The van der Waals surface area contributed by atoms with Gasteiger partial charge in [0.2, 0.25) is 0 Å². The van der Waals surface area contributed by atoms with Gasteiger partial charge in [-0.1, -0.05) is 0 Å². The number of nitrogens with two attached hydrogens (primary N) is 1.